The van der Waals surface area contributed by atoms with E-state index in [9.17, 15) is 4.39 Å². The van der Waals surface area contributed by atoms with Crippen molar-refractivity contribution in [3.8, 4) is 11.3 Å². The van der Waals surface area contributed by atoms with Crippen molar-refractivity contribution in [3.05, 3.63) is 40.3 Å². The molecule has 1 aliphatic heterocycles. The molecule has 1 fully saturated rings. The summed E-state index contributed by atoms with van der Waals surface area (Å²) in [5, 5.41) is 0.438. The third-order valence-corrected chi connectivity index (χ3v) is 4.19. The van der Waals surface area contributed by atoms with Crippen LogP contribution in [0.1, 0.15) is 19.8 Å². The molecule has 1 unspecified atom stereocenters. The van der Waals surface area contributed by atoms with Gasteiger partial charge in [-0.3, -0.25) is 0 Å². The van der Waals surface area contributed by atoms with Crippen molar-refractivity contribution in [3.63, 3.8) is 0 Å². The van der Waals surface area contributed by atoms with Gasteiger partial charge in [-0.25, -0.2) is 14.4 Å². The summed E-state index contributed by atoms with van der Waals surface area (Å²) in [6.07, 6.45) is 2.24. The van der Waals surface area contributed by atoms with Crippen LogP contribution in [0.5, 0.6) is 0 Å². The fraction of sp³-hybridized carbons (Fsp3) is 0.333. The Hall–Kier alpha value is -1.39. The molecule has 0 N–H and O–H groups in total. The summed E-state index contributed by atoms with van der Waals surface area (Å²) in [7, 11) is 0. The molecule has 0 saturated carbocycles. The predicted molar refractivity (Wildman–Crippen MR) is 83.5 cm³/mol. The van der Waals surface area contributed by atoms with Gasteiger partial charge in [-0.1, -0.05) is 23.2 Å². The molecule has 1 atom stereocenters. The number of hydrogen-bond acceptors (Lipinski definition) is 3. The molecule has 110 valence electrons. The van der Waals surface area contributed by atoms with E-state index in [-0.39, 0.29) is 5.02 Å². The van der Waals surface area contributed by atoms with Crippen LogP contribution >= 0.6 is 23.2 Å². The molecule has 2 heterocycles. The van der Waals surface area contributed by atoms with Crippen LogP contribution < -0.4 is 4.90 Å². The Morgan fingerprint density at radius 3 is 2.71 bits per heavy atom. The molecule has 0 amide bonds. The molecular formula is C15H14Cl2FN3. The molecule has 2 aromatic rings. The van der Waals surface area contributed by atoms with Gasteiger partial charge in [0.1, 0.15) is 11.0 Å². The molecular weight excluding hydrogens is 312 g/mol. The van der Waals surface area contributed by atoms with Crippen molar-refractivity contribution in [2.24, 2.45) is 0 Å². The zero-order chi connectivity index (χ0) is 15.0. The van der Waals surface area contributed by atoms with Gasteiger partial charge in [0.05, 0.1) is 10.7 Å². The number of nitrogens with zero attached hydrogens (tertiary/aromatic N) is 3. The van der Waals surface area contributed by atoms with Crippen LogP contribution in [0, 0.1) is 5.82 Å². The number of hydrogen-bond donors (Lipinski definition) is 0. The Morgan fingerprint density at radius 1 is 1.24 bits per heavy atom. The largest absolute Gasteiger partial charge is 0.338 e. The van der Waals surface area contributed by atoms with Gasteiger partial charge in [0.15, 0.2) is 0 Å². The van der Waals surface area contributed by atoms with E-state index in [1.807, 2.05) is 0 Å². The molecule has 0 radical (unpaired) electrons. The number of rotatable bonds is 2. The lowest BCUT2D eigenvalue weighted by Crippen LogP contribution is -2.28. The maximum atomic E-state index is 13.3. The first-order valence-corrected chi connectivity index (χ1v) is 7.57. The lowest BCUT2D eigenvalue weighted by molar-refractivity contribution is 0.628. The molecule has 1 aromatic heterocycles. The first-order chi connectivity index (χ1) is 10.0. The van der Waals surface area contributed by atoms with E-state index >= 15 is 0 Å². The molecule has 3 nitrogen and oxygen atoms in total. The highest BCUT2D eigenvalue weighted by atomic mass is 35.5. The summed E-state index contributed by atoms with van der Waals surface area (Å²) in [5.74, 6) is 0.164. The van der Waals surface area contributed by atoms with Gasteiger partial charge in [-0.15, -0.1) is 0 Å². The minimum absolute atomic E-state index is 0.0679. The maximum absolute atomic E-state index is 13.3. The Kier molecular flexibility index (Phi) is 4.00. The molecule has 0 spiro atoms. The Balaban J connectivity index is 2.02. The van der Waals surface area contributed by atoms with E-state index in [1.54, 1.807) is 18.2 Å². The lowest BCUT2D eigenvalue weighted by Gasteiger charge is -2.21. The van der Waals surface area contributed by atoms with Gasteiger partial charge in [-0.2, -0.15) is 0 Å². The zero-order valence-corrected chi connectivity index (χ0v) is 13.0. The summed E-state index contributed by atoms with van der Waals surface area (Å²) in [6.45, 7) is 3.07. The highest BCUT2D eigenvalue weighted by molar-refractivity contribution is 6.31. The second-order valence-electron chi connectivity index (χ2n) is 5.19. The fourth-order valence-electron chi connectivity index (χ4n) is 2.57. The molecule has 6 heteroatoms. The average molecular weight is 326 g/mol. The Labute approximate surface area is 132 Å². The van der Waals surface area contributed by atoms with E-state index in [0.29, 0.717) is 22.8 Å². The lowest BCUT2D eigenvalue weighted by atomic mass is 10.1. The molecule has 0 aliphatic carbocycles. The first kappa shape index (κ1) is 14.5. The van der Waals surface area contributed by atoms with E-state index in [0.717, 1.165) is 24.9 Å². The highest BCUT2D eigenvalue weighted by Crippen LogP contribution is 2.29. The van der Waals surface area contributed by atoms with Crippen molar-refractivity contribution in [1.82, 2.24) is 9.97 Å². The third-order valence-electron chi connectivity index (χ3n) is 3.71. The first-order valence-electron chi connectivity index (χ1n) is 6.81. The number of benzene rings is 1. The van der Waals surface area contributed by atoms with Crippen LogP contribution in [0.4, 0.5) is 10.3 Å². The van der Waals surface area contributed by atoms with Crippen LogP contribution in [-0.2, 0) is 0 Å². The maximum Gasteiger partial charge on any atom is 0.227 e. The summed E-state index contributed by atoms with van der Waals surface area (Å²) >= 11 is 11.9. The Bertz CT molecular complexity index is 678. The number of aromatic nitrogens is 2. The SMILES string of the molecule is CC1CCCN1c1nc(Cl)cc(-c2ccc(F)c(Cl)c2)n1. The van der Waals surface area contributed by atoms with Crippen LogP contribution in [0.3, 0.4) is 0 Å². The van der Waals surface area contributed by atoms with Crippen LogP contribution in [-0.4, -0.2) is 22.6 Å². The normalized spacial score (nSPS) is 18.3. The third kappa shape index (κ3) is 2.97. The summed E-state index contributed by atoms with van der Waals surface area (Å²) in [6, 6.07) is 6.57. The predicted octanol–water partition coefficient (Wildman–Crippen LogP) is 4.58. The number of halogens is 3. The van der Waals surface area contributed by atoms with Gasteiger partial charge < -0.3 is 4.90 Å². The highest BCUT2D eigenvalue weighted by Gasteiger charge is 2.23. The van der Waals surface area contributed by atoms with Gasteiger partial charge in [0, 0.05) is 24.2 Å². The van der Waals surface area contributed by atoms with Gasteiger partial charge in [-0.05, 0) is 38.0 Å². The second kappa shape index (κ2) is 5.78. The van der Waals surface area contributed by atoms with Crippen molar-refractivity contribution in [2.45, 2.75) is 25.8 Å². The summed E-state index contributed by atoms with van der Waals surface area (Å²) in [5.41, 5.74) is 1.37. The van der Waals surface area contributed by atoms with E-state index in [2.05, 4.69) is 21.8 Å². The topological polar surface area (TPSA) is 29.0 Å². The van der Waals surface area contributed by atoms with Crippen LogP contribution in [0.2, 0.25) is 10.2 Å². The fourth-order valence-corrected chi connectivity index (χ4v) is 2.93. The van der Waals surface area contributed by atoms with Gasteiger partial charge in [0.25, 0.3) is 0 Å². The quantitative estimate of drug-likeness (QED) is 0.757. The zero-order valence-electron chi connectivity index (χ0n) is 11.5. The molecule has 1 saturated heterocycles. The summed E-state index contributed by atoms with van der Waals surface area (Å²) in [4.78, 5) is 11.0. The smallest absolute Gasteiger partial charge is 0.227 e. The van der Waals surface area contributed by atoms with Crippen LogP contribution in [0.15, 0.2) is 24.3 Å². The van der Waals surface area contributed by atoms with Crippen LogP contribution in [0.25, 0.3) is 11.3 Å². The number of anilines is 1. The van der Waals surface area contributed by atoms with Gasteiger partial charge in [0.2, 0.25) is 5.95 Å². The van der Waals surface area contributed by atoms with Crippen molar-refractivity contribution < 1.29 is 4.39 Å². The van der Waals surface area contributed by atoms with Gasteiger partial charge >= 0.3 is 0 Å². The van der Waals surface area contributed by atoms with Crippen molar-refractivity contribution in [2.75, 3.05) is 11.4 Å². The van der Waals surface area contributed by atoms with E-state index in [1.165, 1.54) is 6.07 Å². The molecule has 1 aliphatic rings. The van der Waals surface area contributed by atoms with E-state index in [4.69, 9.17) is 23.2 Å². The minimum Gasteiger partial charge on any atom is -0.338 e. The molecule has 0 bridgehead atoms. The Morgan fingerprint density at radius 2 is 2.05 bits per heavy atom. The summed E-state index contributed by atoms with van der Waals surface area (Å²) < 4.78 is 13.3. The molecule has 1 aromatic carbocycles. The van der Waals surface area contributed by atoms with Crippen molar-refractivity contribution >= 4 is 29.2 Å². The molecule has 21 heavy (non-hydrogen) atoms. The molecule has 3 rings (SSSR count). The standard InChI is InChI=1S/C15H14Cl2FN3/c1-9-3-2-6-21(9)15-19-13(8-14(17)20-15)10-4-5-12(18)11(16)7-10/h4-5,7-9H,2-3,6H2,1H3. The van der Waals surface area contributed by atoms with E-state index < -0.39 is 5.82 Å². The second-order valence-corrected chi connectivity index (χ2v) is 5.98. The average Bonchev–Trinajstić information content (AvgIpc) is 2.87. The van der Waals surface area contributed by atoms with Crippen molar-refractivity contribution in [1.29, 1.82) is 0 Å². The minimum atomic E-state index is -0.450. The monoisotopic (exact) mass is 325 g/mol.